The lowest BCUT2D eigenvalue weighted by Gasteiger charge is -2.08. The molecule has 0 aliphatic heterocycles. The van der Waals surface area contributed by atoms with E-state index in [2.05, 4.69) is 15.3 Å². The zero-order valence-corrected chi connectivity index (χ0v) is 15.7. The number of rotatable bonds is 7. The molecule has 1 amide bonds. The lowest BCUT2D eigenvalue weighted by molar-refractivity contribution is -0.118. The number of hydrogen-bond donors (Lipinski definition) is 1. The SMILES string of the molecule is O=C(CSc1nccnc1Sc1ccccc1)NCc1cc(F)cc(F)c1. The summed E-state index contributed by atoms with van der Waals surface area (Å²) in [4.78, 5) is 21.7. The third-order valence-electron chi connectivity index (χ3n) is 3.34. The van der Waals surface area contributed by atoms with Crippen LogP contribution in [0, 0.1) is 11.6 Å². The van der Waals surface area contributed by atoms with E-state index in [9.17, 15) is 13.6 Å². The van der Waals surface area contributed by atoms with Crippen LogP contribution in [-0.4, -0.2) is 21.6 Å². The van der Waals surface area contributed by atoms with Crippen molar-refractivity contribution in [3.8, 4) is 0 Å². The number of halogens is 2. The standard InChI is InChI=1S/C19H15F2N3OS2/c20-14-8-13(9-15(21)10-14)11-24-17(25)12-26-18-19(23-7-6-22-18)27-16-4-2-1-3-5-16/h1-10H,11-12H2,(H,24,25). The van der Waals surface area contributed by atoms with Gasteiger partial charge in [0, 0.05) is 29.9 Å². The Morgan fingerprint density at radius 3 is 2.33 bits per heavy atom. The second-order valence-electron chi connectivity index (χ2n) is 5.42. The number of carbonyl (C=O) groups excluding carboxylic acids is 1. The summed E-state index contributed by atoms with van der Waals surface area (Å²) in [6, 6.07) is 12.9. The number of hydrogen-bond acceptors (Lipinski definition) is 5. The van der Waals surface area contributed by atoms with Crippen LogP contribution in [0.1, 0.15) is 5.56 Å². The maximum Gasteiger partial charge on any atom is 0.230 e. The normalized spacial score (nSPS) is 10.6. The van der Waals surface area contributed by atoms with Crippen LogP contribution in [0.2, 0.25) is 0 Å². The molecule has 0 aliphatic rings. The molecule has 0 radical (unpaired) electrons. The molecule has 0 saturated heterocycles. The summed E-state index contributed by atoms with van der Waals surface area (Å²) in [5, 5.41) is 4.01. The van der Waals surface area contributed by atoms with Crippen LogP contribution >= 0.6 is 23.5 Å². The molecule has 0 fully saturated rings. The minimum Gasteiger partial charge on any atom is -0.351 e. The highest BCUT2D eigenvalue weighted by Gasteiger charge is 2.11. The fourth-order valence-corrected chi connectivity index (χ4v) is 3.93. The Bertz CT molecular complexity index is 906. The number of carbonyl (C=O) groups is 1. The van der Waals surface area contributed by atoms with E-state index in [1.165, 1.54) is 35.7 Å². The molecule has 8 heteroatoms. The molecule has 3 aromatic rings. The first-order valence-electron chi connectivity index (χ1n) is 7.98. The van der Waals surface area contributed by atoms with Crippen molar-refractivity contribution in [2.45, 2.75) is 21.5 Å². The van der Waals surface area contributed by atoms with Gasteiger partial charge in [-0.15, -0.1) is 0 Å². The van der Waals surface area contributed by atoms with Gasteiger partial charge in [0.25, 0.3) is 0 Å². The third-order valence-corrected chi connectivity index (χ3v) is 5.45. The second-order valence-corrected chi connectivity index (χ2v) is 7.45. The van der Waals surface area contributed by atoms with Crippen molar-refractivity contribution < 1.29 is 13.6 Å². The predicted molar refractivity (Wildman–Crippen MR) is 102 cm³/mol. The first-order chi connectivity index (χ1) is 13.1. The molecule has 27 heavy (non-hydrogen) atoms. The monoisotopic (exact) mass is 403 g/mol. The molecular formula is C19H15F2N3OS2. The van der Waals surface area contributed by atoms with Gasteiger partial charge >= 0.3 is 0 Å². The van der Waals surface area contributed by atoms with Crippen LogP contribution in [0.4, 0.5) is 8.78 Å². The van der Waals surface area contributed by atoms with Crippen LogP contribution in [0.3, 0.4) is 0 Å². The van der Waals surface area contributed by atoms with Crippen molar-refractivity contribution >= 4 is 29.4 Å². The average Bonchev–Trinajstić information content (AvgIpc) is 2.66. The molecule has 1 aromatic heterocycles. The van der Waals surface area contributed by atoms with Crippen molar-refractivity contribution in [1.82, 2.24) is 15.3 Å². The van der Waals surface area contributed by atoms with Gasteiger partial charge in [-0.25, -0.2) is 18.7 Å². The molecule has 0 aliphatic carbocycles. The number of benzene rings is 2. The van der Waals surface area contributed by atoms with Crippen LogP contribution in [-0.2, 0) is 11.3 Å². The van der Waals surface area contributed by atoms with Crippen molar-refractivity contribution in [2.75, 3.05) is 5.75 Å². The molecule has 0 unspecified atom stereocenters. The minimum absolute atomic E-state index is 0.0557. The maximum absolute atomic E-state index is 13.2. The van der Waals surface area contributed by atoms with E-state index < -0.39 is 11.6 Å². The van der Waals surface area contributed by atoms with E-state index in [4.69, 9.17) is 0 Å². The van der Waals surface area contributed by atoms with Crippen molar-refractivity contribution in [3.05, 3.63) is 78.1 Å². The van der Waals surface area contributed by atoms with Gasteiger partial charge in [-0.2, -0.15) is 0 Å². The van der Waals surface area contributed by atoms with E-state index in [0.717, 1.165) is 11.0 Å². The molecule has 3 rings (SSSR count). The molecule has 0 bridgehead atoms. The first kappa shape index (κ1) is 19.3. The Hall–Kier alpha value is -2.45. The molecule has 4 nitrogen and oxygen atoms in total. The fourth-order valence-electron chi connectivity index (χ4n) is 2.18. The van der Waals surface area contributed by atoms with E-state index in [1.807, 2.05) is 30.3 Å². The van der Waals surface area contributed by atoms with Gasteiger partial charge in [0.05, 0.1) is 5.75 Å². The van der Waals surface area contributed by atoms with Gasteiger partial charge in [-0.05, 0) is 29.8 Å². The number of nitrogens with zero attached hydrogens (tertiary/aromatic N) is 2. The maximum atomic E-state index is 13.2. The van der Waals surface area contributed by atoms with Gasteiger partial charge in [0.1, 0.15) is 21.7 Å². The predicted octanol–water partition coefficient (Wildman–Crippen LogP) is 4.31. The Morgan fingerprint density at radius 2 is 1.63 bits per heavy atom. The largest absolute Gasteiger partial charge is 0.351 e. The topological polar surface area (TPSA) is 54.9 Å². The molecule has 0 atom stereocenters. The highest BCUT2D eigenvalue weighted by Crippen LogP contribution is 2.32. The van der Waals surface area contributed by atoms with E-state index >= 15 is 0 Å². The Kier molecular flexibility index (Phi) is 6.78. The van der Waals surface area contributed by atoms with Crippen LogP contribution in [0.5, 0.6) is 0 Å². The van der Waals surface area contributed by atoms with Crippen molar-refractivity contribution in [3.63, 3.8) is 0 Å². The molecule has 0 spiro atoms. The molecular weight excluding hydrogens is 388 g/mol. The fraction of sp³-hybridized carbons (Fsp3) is 0.105. The average molecular weight is 403 g/mol. The molecule has 2 aromatic carbocycles. The van der Waals surface area contributed by atoms with Gasteiger partial charge in [-0.1, -0.05) is 41.7 Å². The van der Waals surface area contributed by atoms with Gasteiger partial charge in [0.15, 0.2) is 0 Å². The van der Waals surface area contributed by atoms with Crippen molar-refractivity contribution in [1.29, 1.82) is 0 Å². The first-order valence-corrected chi connectivity index (χ1v) is 9.79. The summed E-state index contributed by atoms with van der Waals surface area (Å²) in [5.74, 6) is -1.48. The summed E-state index contributed by atoms with van der Waals surface area (Å²) < 4.78 is 26.3. The highest BCUT2D eigenvalue weighted by molar-refractivity contribution is 8.02. The van der Waals surface area contributed by atoms with Gasteiger partial charge < -0.3 is 5.32 Å². The van der Waals surface area contributed by atoms with Gasteiger partial charge in [-0.3, -0.25) is 4.79 Å². The van der Waals surface area contributed by atoms with Crippen LogP contribution in [0.15, 0.2) is 75.9 Å². The number of aromatic nitrogens is 2. The van der Waals surface area contributed by atoms with Crippen LogP contribution < -0.4 is 5.32 Å². The zero-order chi connectivity index (χ0) is 19.1. The summed E-state index contributed by atoms with van der Waals surface area (Å²) in [7, 11) is 0. The zero-order valence-electron chi connectivity index (χ0n) is 14.1. The number of thioether (sulfide) groups is 1. The van der Waals surface area contributed by atoms with E-state index in [1.54, 1.807) is 12.4 Å². The van der Waals surface area contributed by atoms with Crippen LogP contribution in [0.25, 0.3) is 0 Å². The van der Waals surface area contributed by atoms with Gasteiger partial charge in [0.2, 0.25) is 5.91 Å². The molecule has 138 valence electrons. The lowest BCUT2D eigenvalue weighted by atomic mass is 10.2. The van der Waals surface area contributed by atoms with E-state index in [0.29, 0.717) is 15.6 Å². The smallest absolute Gasteiger partial charge is 0.230 e. The summed E-state index contributed by atoms with van der Waals surface area (Å²) in [6.07, 6.45) is 3.18. The Labute approximate surface area is 163 Å². The second kappa shape index (κ2) is 9.48. The molecule has 1 heterocycles. The number of amides is 1. The Balaban J connectivity index is 1.56. The molecule has 1 N–H and O–H groups in total. The highest BCUT2D eigenvalue weighted by atomic mass is 32.2. The summed E-state index contributed by atoms with van der Waals surface area (Å²) in [5.41, 5.74) is 0.366. The summed E-state index contributed by atoms with van der Waals surface area (Å²) >= 11 is 2.73. The van der Waals surface area contributed by atoms with Crippen molar-refractivity contribution in [2.24, 2.45) is 0 Å². The number of nitrogens with one attached hydrogen (secondary N) is 1. The Morgan fingerprint density at radius 1 is 0.963 bits per heavy atom. The van der Waals surface area contributed by atoms with E-state index in [-0.39, 0.29) is 18.2 Å². The minimum atomic E-state index is -0.671. The third kappa shape index (κ3) is 6.04. The lowest BCUT2D eigenvalue weighted by Crippen LogP contribution is -2.24. The molecule has 0 saturated carbocycles. The quantitative estimate of drug-likeness (QED) is 0.596. The summed E-state index contributed by atoms with van der Waals surface area (Å²) in [6.45, 7) is 0.0557.